The summed E-state index contributed by atoms with van der Waals surface area (Å²) in [6.45, 7) is 24.4. The van der Waals surface area contributed by atoms with Gasteiger partial charge in [0.25, 0.3) is 11.8 Å². The summed E-state index contributed by atoms with van der Waals surface area (Å²) < 4.78 is 7.47. The van der Waals surface area contributed by atoms with Crippen molar-refractivity contribution in [3.63, 3.8) is 0 Å². The molecule has 0 aromatic heterocycles. The molecule has 2 amide bonds. The smallest absolute Gasteiger partial charge is 0.333 e. The highest BCUT2D eigenvalue weighted by molar-refractivity contribution is 14.1. The molecule has 1 saturated heterocycles. The number of halogens is 5. The molecule has 2 aliphatic carbocycles. The average molecular weight is 1990 g/mol. The molecule has 0 bridgehead atoms. The van der Waals surface area contributed by atoms with Gasteiger partial charge < -0.3 is 77.9 Å². The number of amides is 2. The number of aliphatic hydroxyl groups excluding tert-OH is 2. The van der Waals surface area contributed by atoms with Crippen LogP contribution in [0.4, 0.5) is 22.7 Å². The highest BCUT2D eigenvalue weighted by Gasteiger charge is 2.48. The van der Waals surface area contributed by atoms with Crippen LogP contribution in [-0.4, -0.2) is 104 Å². The van der Waals surface area contributed by atoms with Crippen LogP contribution < -0.4 is 57.8 Å². The van der Waals surface area contributed by atoms with Crippen LogP contribution in [0.25, 0.3) is 43.1 Å². The van der Waals surface area contributed by atoms with E-state index in [4.69, 9.17) is 33.1 Å². The van der Waals surface area contributed by atoms with Gasteiger partial charge in [0.2, 0.25) is 11.4 Å². The van der Waals surface area contributed by atoms with Crippen molar-refractivity contribution < 1.29 is 96.4 Å². The zero-order valence-corrected chi connectivity index (χ0v) is 78.2. The van der Waals surface area contributed by atoms with Crippen molar-refractivity contribution in [2.24, 2.45) is 0 Å². The summed E-state index contributed by atoms with van der Waals surface area (Å²) in [6.07, 6.45) is 28.7. The Labute approximate surface area is 771 Å². The normalized spacial score (nSPS) is 18.4. The van der Waals surface area contributed by atoms with E-state index in [-0.39, 0.29) is 109 Å². The first-order valence-corrected chi connectivity index (χ1v) is 43.5. The number of aliphatic carboxylic acids is 1. The number of carbonyl (C=O) groups excluding carboxylic acids is 3. The fourth-order valence-corrected chi connectivity index (χ4v) is 19.6. The minimum atomic E-state index is -0.732. The van der Waals surface area contributed by atoms with Crippen molar-refractivity contribution in [3.05, 3.63) is 267 Å². The molecular weight excluding hydrogens is 1890 g/mol. The van der Waals surface area contributed by atoms with E-state index < -0.39 is 23.8 Å². The fraction of sp³-hybridized carbons (Fsp3) is 0.330. The van der Waals surface area contributed by atoms with Crippen LogP contribution in [-0.2, 0) is 45.7 Å². The molecule has 8 aromatic carbocycles. The van der Waals surface area contributed by atoms with E-state index in [1.54, 1.807) is 0 Å². The summed E-state index contributed by atoms with van der Waals surface area (Å²) in [5.74, 6) is 10.1. The molecule has 5 aliphatic heterocycles. The maximum absolute atomic E-state index is 12.5. The van der Waals surface area contributed by atoms with Gasteiger partial charge >= 0.3 is 11.9 Å². The zero-order valence-electron chi connectivity index (χ0n) is 70.2. The molecule has 13 nitrogen and oxygen atoms in total. The Kier molecular flexibility index (Phi) is 31.4. The number of carbonyl (C=O) groups is 4. The Hall–Kier alpha value is -9.02. The minimum Gasteiger partial charge on any atom is -1.00 e. The van der Waals surface area contributed by atoms with E-state index in [1.807, 2.05) is 22.6 Å². The van der Waals surface area contributed by atoms with Gasteiger partial charge in [-0.25, -0.2) is 10.7 Å². The van der Waals surface area contributed by atoms with Crippen molar-refractivity contribution in [1.82, 2.24) is 5.06 Å². The number of benzene rings is 8. The Bertz CT molecular complexity index is 5890. The second-order valence-corrected chi connectivity index (χ2v) is 34.7. The number of unbranched alkanes of at least 4 members (excludes halogenated alkanes) is 4. The van der Waals surface area contributed by atoms with E-state index in [9.17, 15) is 29.4 Å². The largest absolute Gasteiger partial charge is 1.00 e. The second kappa shape index (κ2) is 41.0. The van der Waals surface area contributed by atoms with Crippen LogP contribution in [0.5, 0.6) is 0 Å². The molecule has 3 N–H and O–H groups in total. The van der Waals surface area contributed by atoms with Gasteiger partial charge in [-0.1, -0.05) is 184 Å². The number of aliphatic hydroxyl groups is 2. The van der Waals surface area contributed by atoms with Gasteiger partial charge in [-0.3, -0.25) is 20.3 Å². The average Bonchev–Trinajstić information content (AvgIpc) is 1.59. The third-order valence-electron chi connectivity index (χ3n) is 24.4. The lowest BCUT2D eigenvalue weighted by Crippen LogP contribution is -3.00. The molecule has 0 spiro atoms. The number of carboxylic acids is 1. The molecule has 7 aliphatic rings. The van der Waals surface area contributed by atoms with E-state index in [0.29, 0.717) is 31.0 Å². The Morgan fingerprint density at radius 3 is 1.26 bits per heavy atom. The van der Waals surface area contributed by atoms with Crippen LogP contribution in [0.1, 0.15) is 180 Å². The highest BCUT2D eigenvalue weighted by Crippen LogP contribution is 2.54. The molecule has 0 atom stereocenters. The number of rotatable bonds is 23. The molecule has 0 unspecified atom stereocenters. The fourth-order valence-electron chi connectivity index (χ4n) is 18.8. The number of fused-ring (bicyclic) bond motifs is 12. The molecule has 1 fully saturated rings. The van der Waals surface area contributed by atoms with Gasteiger partial charge in [-0.2, -0.15) is 16.1 Å². The third-order valence-corrected chi connectivity index (χ3v) is 25.6. The van der Waals surface area contributed by atoms with Gasteiger partial charge in [-0.15, -0.1) is 11.0 Å². The molecule has 121 heavy (non-hydrogen) atoms. The summed E-state index contributed by atoms with van der Waals surface area (Å²) in [6, 6.07) is 51.9. The minimum absolute atomic E-state index is 0. The monoisotopic (exact) mass is 1990 g/mol. The van der Waals surface area contributed by atoms with Gasteiger partial charge in [0.1, 0.15) is 13.1 Å². The zero-order chi connectivity index (χ0) is 84.3. The predicted molar refractivity (Wildman–Crippen MR) is 495 cm³/mol. The number of anilines is 2. The summed E-state index contributed by atoms with van der Waals surface area (Å²) in [5.41, 5.74) is 18.2. The molecule has 15 rings (SSSR count). The van der Waals surface area contributed by atoms with Crippen molar-refractivity contribution in [1.29, 1.82) is 0 Å². The standard InChI is InChI=1S/C50H53ClN3O5.C46H49ClN2O3.C7H2I.2HI/c1-49(2)41(52(39-24-20-33-13-7-9-17-37(33)46(39)49)30-11-5-6-19-45(58)59-54-43(56)28-29-44(54)57)26-22-35-15-12-16-36(48(35)51)23-27-42-50(3,4)47-38-18-10-8-14-34(38)21-25-40(47)53(42)31-32-55;1-45(2)39(48(28-11-5-6-19-41(51)52)37-24-20-31-13-7-9-17-35(31)42(37)45)26-22-33-15-12-16-34(44(33)47)23-27-40-46(3,4)43-36-18-10-8-14-32(36)21-25-38(43)49(40)29-30-50;1-2-3-4-5-6-7-8;;/h7-10,13-14,17-18,20-27,55H,5-6,11-12,15-16,19,28-32H2,1-4H3;7-10,13-14,17-18,20-27,50H,5-6,11-12,15-16,19,28-30H2,1-4H3;1H2;2*1H/q+1;;-1;;/p-1. The lowest BCUT2D eigenvalue weighted by atomic mass is 9.78. The number of allylic oxidation sites excluding steroid dienone is 16. The van der Waals surface area contributed by atoms with Crippen LogP contribution in [0.2, 0.25) is 0 Å². The summed E-state index contributed by atoms with van der Waals surface area (Å²) in [5, 5.41) is 41.6. The molecule has 0 saturated carbocycles. The summed E-state index contributed by atoms with van der Waals surface area (Å²) >= 11 is 16.5. The first-order valence-electron chi connectivity index (χ1n) is 41.7. The highest BCUT2D eigenvalue weighted by atomic mass is 127. The maximum atomic E-state index is 12.5. The van der Waals surface area contributed by atoms with E-state index in [0.717, 1.165) is 127 Å². The number of hydrogen-bond acceptors (Lipinski definition) is 9. The lowest BCUT2D eigenvalue weighted by Gasteiger charge is -2.27. The van der Waals surface area contributed by atoms with Crippen LogP contribution >= 0.6 is 45.8 Å². The SMILES string of the molecule is CC1(C)C(=CC=C2CCCC(C=CC3=[N+](CCCCCC(=O)O)c4ccc5ccccc5c4C3(C)C)=C2Cl)N(CCO)c2ccc3ccccc3c21.CC1(C)C(=CC=C2CCCC(C=CC3=[N+](CCCCCC(=O)ON4C(=O)CCC4=O)c4ccc5ccccc5c4C3(C)C)=C2Cl)N(CCO)c2ccc3ccccc3c21.[CH2-]C#CC#CC#CI.[I-].[I-]. The van der Waals surface area contributed by atoms with Gasteiger partial charge in [-0.05, 0) is 221 Å². The van der Waals surface area contributed by atoms with E-state index >= 15 is 0 Å². The topological polar surface area (TPSA) is 154 Å². The molecular formula is C103H105Cl2I3N5O8-. The van der Waals surface area contributed by atoms with Gasteiger partial charge in [0.15, 0.2) is 11.4 Å². The molecule has 8 aromatic rings. The Balaban J connectivity index is 0.000000215. The molecule has 5 heterocycles. The number of hydrogen-bond donors (Lipinski definition) is 3. The van der Waals surface area contributed by atoms with E-state index in [2.05, 4.69) is 309 Å². The number of hydroxylamine groups is 2. The summed E-state index contributed by atoms with van der Waals surface area (Å²) in [7, 11) is 0. The van der Waals surface area contributed by atoms with Crippen LogP contribution in [0.15, 0.2) is 238 Å². The van der Waals surface area contributed by atoms with Crippen molar-refractivity contribution in [3.8, 4) is 33.5 Å². The predicted octanol–water partition coefficient (Wildman–Crippen LogP) is 16.4. The number of nitrogens with zero attached hydrogens (tertiary/aromatic N) is 5. The Morgan fingerprint density at radius 2 is 0.868 bits per heavy atom. The third kappa shape index (κ3) is 19.7. The summed E-state index contributed by atoms with van der Waals surface area (Å²) in [4.78, 5) is 57.0. The van der Waals surface area contributed by atoms with Crippen LogP contribution in [0, 0.1) is 40.5 Å². The van der Waals surface area contributed by atoms with Crippen molar-refractivity contribution in [2.45, 2.75) is 180 Å². The number of β-amino-alcohol motifs (C(OH)–C–C–N with tert-alkyl or cyclic N) is 2. The van der Waals surface area contributed by atoms with E-state index in [1.165, 1.54) is 93.8 Å². The maximum Gasteiger partial charge on any atom is 0.333 e. The lowest BCUT2D eigenvalue weighted by molar-refractivity contribution is -0.438. The Morgan fingerprint density at radius 1 is 0.479 bits per heavy atom. The first kappa shape index (κ1) is 92.7. The number of carboxylic acid groups (broad SMARTS) is 1. The molecule has 0 radical (unpaired) electrons. The van der Waals surface area contributed by atoms with Crippen molar-refractivity contribution >= 4 is 147 Å². The molecule has 18 heteroatoms. The van der Waals surface area contributed by atoms with Crippen LogP contribution in [0.3, 0.4) is 0 Å². The van der Waals surface area contributed by atoms with Crippen molar-refractivity contribution in [2.75, 3.05) is 49.2 Å². The number of imide groups is 1. The second-order valence-electron chi connectivity index (χ2n) is 33.4. The quantitative estimate of drug-likeness (QED) is 0.0141. The van der Waals surface area contributed by atoms with Gasteiger partial charge in [0.05, 0.1) is 24.0 Å². The molecule has 626 valence electrons. The van der Waals surface area contributed by atoms with Gasteiger partial charge in [0, 0.05) is 153 Å². The first-order chi connectivity index (χ1) is 57.4.